The lowest BCUT2D eigenvalue weighted by Crippen LogP contribution is -2.53. The van der Waals surface area contributed by atoms with Crippen LogP contribution in [0.1, 0.15) is 48.0 Å². The second-order valence-corrected chi connectivity index (χ2v) is 8.02. The first-order valence-corrected chi connectivity index (χ1v) is 9.76. The minimum atomic E-state index is -0.0959. The third-order valence-corrected chi connectivity index (χ3v) is 6.37. The first kappa shape index (κ1) is 20.0. The third kappa shape index (κ3) is 3.78. The molecule has 1 aromatic rings. The van der Waals surface area contributed by atoms with Crippen LogP contribution >= 0.6 is 12.4 Å². The minimum Gasteiger partial charge on any atom is -0.349 e. The second-order valence-electron chi connectivity index (χ2n) is 8.02. The van der Waals surface area contributed by atoms with E-state index in [9.17, 15) is 9.59 Å². The number of nitrogens with one attached hydrogen (secondary N) is 2. The van der Waals surface area contributed by atoms with Gasteiger partial charge < -0.3 is 16.4 Å². The van der Waals surface area contributed by atoms with E-state index in [1.54, 1.807) is 4.90 Å². The van der Waals surface area contributed by atoms with Crippen molar-refractivity contribution in [1.29, 1.82) is 0 Å². The number of anilines is 1. The number of benzene rings is 1. The van der Waals surface area contributed by atoms with E-state index in [2.05, 4.69) is 10.6 Å². The van der Waals surface area contributed by atoms with Crippen LogP contribution in [0.5, 0.6) is 0 Å². The maximum atomic E-state index is 13.0. The second kappa shape index (κ2) is 8.07. The molecule has 1 aromatic carbocycles. The molecule has 0 spiro atoms. The Balaban J connectivity index is 0.00000210. The van der Waals surface area contributed by atoms with E-state index < -0.39 is 0 Å². The number of nitrogens with two attached hydrogens (primary N) is 1. The van der Waals surface area contributed by atoms with Gasteiger partial charge in [0.1, 0.15) is 0 Å². The maximum absolute atomic E-state index is 13.0. The summed E-state index contributed by atoms with van der Waals surface area (Å²) in [6.45, 7) is 3.20. The van der Waals surface area contributed by atoms with Crippen molar-refractivity contribution in [2.24, 2.45) is 17.6 Å². The van der Waals surface area contributed by atoms with Gasteiger partial charge in [0.25, 0.3) is 5.91 Å². The Hall–Kier alpha value is -1.79. The van der Waals surface area contributed by atoms with Crippen molar-refractivity contribution in [3.05, 3.63) is 29.3 Å². The molecule has 2 aliphatic carbocycles. The SMILES string of the molecule is Cc1c(C(=O)NC2C3CCCC2CC(N)C3)cccc1N1CCNC1=O.Cl. The lowest BCUT2D eigenvalue weighted by Gasteiger charge is -2.45. The topological polar surface area (TPSA) is 87.5 Å². The molecule has 0 aromatic heterocycles. The van der Waals surface area contributed by atoms with Gasteiger partial charge >= 0.3 is 6.03 Å². The lowest BCUT2D eigenvalue weighted by molar-refractivity contribution is 0.0755. The van der Waals surface area contributed by atoms with E-state index in [0.29, 0.717) is 30.5 Å². The summed E-state index contributed by atoms with van der Waals surface area (Å²) in [7, 11) is 0. The van der Waals surface area contributed by atoms with Gasteiger partial charge in [-0.25, -0.2) is 4.79 Å². The Morgan fingerprint density at radius 3 is 2.59 bits per heavy atom. The average molecular weight is 393 g/mol. The number of rotatable bonds is 3. The summed E-state index contributed by atoms with van der Waals surface area (Å²) in [4.78, 5) is 26.7. The van der Waals surface area contributed by atoms with Crippen LogP contribution in [0, 0.1) is 18.8 Å². The van der Waals surface area contributed by atoms with Crippen LogP contribution < -0.4 is 21.3 Å². The molecule has 2 saturated carbocycles. The van der Waals surface area contributed by atoms with Crippen LogP contribution in [0.15, 0.2) is 18.2 Å². The zero-order valence-corrected chi connectivity index (χ0v) is 16.6. The largest absolute Gasteiger partial charge is 0.349 e. The number of nitrogens with zero attached hydrogens (tertiary/aromatic N) is 1. The summed E-state index contributed by atoms with van der Waals surface area (Å²) in [6, 6.07) is 6.03. The molecular formula is C20H29ClN4O2. The van der Waals surface area contributed by atoms with Crippen LogP contribution in [0.3, 0.4) is 0 Å². The van der Waals surface area contributed by atoms with E-state index in [-0.39, 0.29) is 36.4 Å². The smallest absolute Gasteiger partial charge is 0.322 e. The maximum Gasteiger partial charge on any atom is 0.322 e. The summed E-state index contributed by atoms with van der Waals surface area (Å²) in [5, 5.41) is 6.13. The van der Waals surface area contributed by atoms with E-state index >= 15 is 0 Å². The number of carbonyl (C=O) groups excluding carboxylic acids is 2. The Labute approximate surface area is 166 Å². The van der Waals surface area contributed by atoms with Gasteiger partial charge in [0, 0.05) is 36.4 Å². The molecule has 4 N–H and O–H groups in total. The van der Waals surface area contributed by atoms with Crippen LogP contribution in [0.25, 0.3) is 0 Å². The van der Waals surface area contributed by atoms with Crippen LogP contribution in [-0.4, -0.2) is 37.1 Å². The molecule has 3 aliphatic rings. The van der Waals surface area contributed by atoms with E-state index in [0.717, 1.165) is 36.9 Å². The predicted octanol–water partition coefficient (Wildman–Crippen LogP) is 2.58. The van der Waals surface area contributed by atoms with Gasteiger partial charge in [0.2, 0.25) is 0 Å². The van der Waals surface area contributed by atoms with Crippen molar-refractivity contribution in [2.75, 3.05) is 18.0 Å². The Bertz CT molecular complexity index is 712. The fraction of sp³-hybridized carbons (Fsp3) is 0.600. The molecular weight excluding hydrogens is 364 g/mol. The molecule has 1 aliphatic heterocycles. The molecule has 2 atom stereocenters. The number of hydrogen-bond acceptors (Lipinski definition) is 3. The van der Waals surface area contributed by atoms with Crippen molar-refractivity contribution in [3.63, 3.8) is 0 Å². The highest BCUT2D eigenvalue weighted by Crippen LogP contribution is 2.40. The summed E-state index contributed by atoms with van der Waals surface area (Å²) in [5.41, 5.74) is 8.54. The van der Waals surface area contributed by atoms with Gasteiger partial charge in [-0.05, 0) is 62.1 Å². The van der Waals surface area contributed by atoms with Gasteiger partial charge in [-0.2, -0.15) is 0 Å². The minimum absolute atomic E-state index is 0. The number of carbonyl (C=O) groups is 2. The highest BCUT2D eigenvalue weighted by molar-refractivity contribution is 6.00. The molecule has 3 amide bonds. The number of amides is 3. The predicted molar refractivity (Wildman–Crippen MR) is 108 cm³/mol. The fourth-order valence-electron chi connectivity index (χ4n) is 5.12. The first-order chi connectivity index (χ1) is 12.5. The van der Waals surface area contributed by atoms with E-state index in [1.807, 2.05) is 25.1 Å². The molecule has 27 heavy (non-hydrogen) atoms. The summed E-state index contributed by atoms with van der Waals surface area (Å²) >= 11 is 0. The molecule has 4 rings (SSSR count). The summed E-state index contributed by atoms with van der Waals surface area (Å²) in [6.07, 6.45) is 5.57. The molecule has 1 saturated heterocycles. The summed E-state index contributed by atoms with van der Waals surface area (Å²) < 4.78 is 0. The molecule has 7 heteroatoms. The highest BCUT2D eigenvalue weighted by Gasteiger charge is 2.40. The fourth-order valence-corrected chi connectivity index (χ4v) is 5.12. The molecule has 2 bridgehead atoms. The Morgan fingerprint density at radius 2 is 1.96 bits per heavy atom. The third-order valence-electron chi connectivity index (χ3n) is 6.37. The zero-order chi connectivity index (χ0) is 18.3. The highest BCUT2D eigenvalue weighted by atomic mass is 35.5. The number of halogens is 1. The van der Waals surface area contributed by atoms with Gasteiger partial charge in [-0.15, -0.1) is 12.4 Å². The molecule has 6 nitrogen and oxygen atoms in total. The molecule has 0 radical (unpaired) electrons. The molecule has 1 heterocycles. The summed E-state index contributed by atoms with van der Waals surface area (Å²) in [5.74, 6) is 0.963. The van der Waals surface area contributed by atoms with Crippen molar-refractivity contribution >= 4 is 30.0 Å². The van der Waals surface area contributed by atoms with Gasteiger partial charge in [0.05, 0.1) is 0 Å². The Kier molecular flexibility index (Phi) is 5.96. The number of fused-ring (bicyclic) bond motifs is 2. The van der Waals surface area contributed by atoms with Crippen LogP contribution in [-0.2, 0) is 0 Å². The normalized spacial score (nSPS) is 29.7. The van der Waals surface area contributed by atoms with Gasteiger partial charge in [0.15, 0.2) is 0 Å². The quantitative estimate of drug-likeness (QED) is 0.738. The van der Waals surface area contributed by atoms with Gasteiger partial charge in [-0.1, -0.05) is 12.5 Å². The average Bonchev–Trinajstić information content (AvgIpc) is 3.01. The van der Waals surface area contributed by atoms with Crippen LogP contribution in [0.4, 0.5) is 10.5 Å². The van der Waals surface area contributed by atoms with Crippen LogP contribution in [0.2, 0.25) is 0 Å². The molecule has 2 unspecified atom stereocenters. The zero-order valence-electron chi connectivity index (χ0n) is 15.7. The van der Waals surface area contributed by atoms with E-state index in [1.165, 1.54) is 6.42 Å². The molecule has 148 valence electrons. The number of hydrogen-bond donors (Lipinski definition) is 3. The monoisotopic (exact) mass is 392 g/mol. The molecule has 3 fully saturated rings. The standard InChI is InChI=1S/C20H28N4O2.ClH/c1-12-16(6-3-7-17(12)24-9-8-22-20(24)26)19(25)23-18-13-4-2-5-14(18)11-15(21)10-13;/h3,6-7,13-15,18H,2,4-5,8-11,21H2,1H3,(H,22,26)(H,23,25);1H. The lowest BCUT2D eigenvalue weighted by atomic mass is 9.67. The van der Waals surface area contributed by atoms with E-state index in [4.69, 9.17) is 5.73 Å². The van der Waals surface area contributed by atoms with Crippen molar-refractivity contribution in [3.8, 4) is 0 Å². The van der Waals surface area contributed by atoms with Crippen molar-refractivity contribution in [1.82, 2.24) is 10.6 Å². The first-order valence-electron chi connectivity index (χ1n) is 9.76. The van der Waals surface area contributed by atoms with Gasteiger partial charge in [-0.3, -0.25) is 9.69 Å². The Morgan fingerprint density at radius 1 is 1.26 bits per heavy atom. The van der Waals surface area contributed by atoms with Crippen molar-refractivity contribution in [2.45, 2.75) is 51.1 Å². The van der Waals surface area contributed by atoms with Crippen molar-refractivity contribution < 1.29 is 9.59 Å². The number of urea groups is 1.